The van der Waals surface area contributed by atoms with Gasteiger partial charge in [-0.1, -0.05) is 36.4 Å². The minimum Gasteiger partial charge on any atom is -0.383 e. The summed E-state index contributed by atoms with van der Waals surface area (Å²) >= 11 is 0. The van der Waals surface area contributed by atoms with Gasteiger partial charge in [0.05, 0.1) is 5.39 Å². The summed E-state index contributed by atoms with van der Waals surface area (Å²) in [5.41, 5.74) is 10.9. The molecular weight excluding hydrogens is 366 g/mol. The lowest BCUT2D eigenvalue weighted by Gasteiger charge is -2.13. The Morgan fingerprint density at radius 1 is 1.14 bits per heavy atom. The highest BCUT2D eigenvalue weighted by Crippen LogP contribution is 2.34. The maximum Gasteiger partial charge on any atom is 0.257 e. The summed E-state index contributed by atoms with van der Waals surface area (Å²) in [5.74, 6) is -0.0560. The highest BCUT2D eigenvalue weighted by Gasteiger charge is 2.18. The number of carbonyl (C=O) groups is 1. The van der Waals surface area contributed by atoms with Gasteiger partial charge in [0.1, 0.15) is 17.8 Å². The van der Waals surface area contributed by atoms with E-state index in [0.717, 1.165) is 27.7 Å². The molecule has 4 N–H and O–H groups in total. The number of amides is 1. The van der Waals surface area contributed by atoms with Crippen molar-refractivity contribution in [3.8, 4) is 11.1 Å². The third kappa shape index (κ3) is 3.43. The number of hydrogen-bond donors (Lipinski definition) is 3. The molecule has 0 spiro atoms. The van der Waals surface area contributed by atoms with E-state index in [2.05, 4.69) is 15.3 Å². The molecule has 146 valence electrons. The van der Waals surface area contributed by atoms with E-state index >= 15 is 0 Å². The monoisotopic (exact) mass is 387 g/mol. The summed E-state index contributed by atoms with van der Waals surface area (Å²) in [4.78, 5) is 20.8. The Hall–Kier alpha value is -3.71. The fraction of sp³-hybridized carbons (Fsp3) is 0.136. The highest BCUT2D eigenvalue weighted by molar-refractivity contribution is 6.01. The molecule has 2 heterocycles. The van der Waals surface area contributed by atoms with Crippen LogP contribution in [0.4, 0.5) is 11.5 Å². The lowest BCUT2D eigenvalue weighted by molar-refractivity contribution is -0.124. The van der Waals surface area contributed by atoms with Crippen LogP contribution in [0.3, 0.4) is 0 Å². The lowest BCUT2D eigenvalue weighted by atomic mass is 10.00. The number of carbonyl (C=O) groups excluding carboxylic acids is 1. The first-order chi connectivity index (χ1) is 14.0. The molecule has 0 aliphatic rings. The number of nitrogens with zero attached hydrogens (tertiary/aromatic N) is 3. The fourth-order valence-electron chi connectivity index (χ4n) is 3.48. The van der Waals surface area contributed by atoms with Crippen molar-refractivity contribution in [2.45, 2.75) is 13.0 Å². The Kier molecular flexibility index (Phi) is 4.74. The predicted octanol–water partition coefficient (Wildman–Crippen LogP) is 3.20. The van der Waals surface area contributed by atoms with Gasteiger partial charge in [0.2, 0.25) is 0 Å². The Morgan fingerprint density at radius 2 is 1.90 bits per heavy atom. The van der Waals surface area contributed by atoms with E-state index in [1.807, 2.05) is 42.9 Å². The smallest absolute Gasteiger partial charge is 0.257 e. The zero-order valence-corrected chi connectivity index (χ0v) is 16.1. The molecule has 0 aliphatic carbocycles. The van der Waals surface area contributed by atoms with E-state index in [9.17, 15) is 9.90 Å². The van der Waals surface area contributed by atoms with Gasteiger partial charge in [0, 0.05) is 24.5 Å². The number of aromatic nitrogens is 3. The molecule has 4 aromatic rings. The van der Waals surface area contributed by atoms with Crippen LogP contribution in [0.2, 0.25) is 0 Å². The standard InChI is InChI=1S/C22H21N5O2/c1-13-10-15(26-22(29)19(28)14-6-4-3-5-7-14)8-9-16(13)17-11-27(2)21-18(17)20(23)24-12-25-21/h3-12,19,28H,1-2H3,(H,26,29)(H2,23,24,25)/t19-/m0/s1. The van der Waals surface area contributed by atoms with Crippen LogP contribution in [0.5, 0.6) is 0 Å². The zero-order valence-electron chi connectivity index (χ0n) is 16.1. The first-order valence-corrected chi connectivity index (χ1v) is 9.16. The molecule has 0 fully saturated rings. The number of rotatable bonds is 4. The van der Waals surface area contributed by atoms with Crippen LogP contribution in [-0.4, -0.2) is 25.5 Å². The van der Waals surface area contributed by atoms with E-state index in [1.165, 1.54) is 6.33 Å². The van der Waals surface area contributed by atoms with Gasteiger partial charge in [-0.3, -0.25) is 4.79 Å². The van der Waals surface area contributed by atoms with Crippen molar-refractivity contribution in [1.82, 2.24) is 14.5 Å². The molecule has 2 aromatic carbocycles. The maximum absolute atomic E-state index is 12.4. The second kappa shape index (κ2) is 7.37. The summed E-state index contributed by atoms with van der Waals surface area (Å²) < 4.78 is 1.91. The van der Waals surface area contributed by atoms with Crippen molar-refractivity contribution >= 4 is 28.4 Å². The van der Waals surface area contributed by atoms with Crippen LogP contribution in [0.1, 0.15) is 17.2 Å². The van der Waals surface area contributed by atoms with Crippen LogP contribution in [0, 0.1) is 6.92 Å². The van der Waals surface area contributed by atoms with Crippen LogP contribution in [-0.2, 0) is 11.8 Å². The molecule has 0 saturated heterocycles. The van der Waals surface area contributed by atoms with E-state index in [4.69, 9.17) is 5.73 Å². The SMILES string of the molecule is Cc1cc(NC(=O)[C@@H](O)c2ccccc2)ccc1-c1cn(C)c2ncnc(N)c12. The molecule has 7 nitrogen and oxygen atoms in total. The molecule has 4 rings (SSSR count). The summed E-state index contributed by atoms with van der Waals surface area (Å²) in [6.45, 7) is 1.96. The lowest BCUT2D eigenvalue weighted by Crippen LogP contribution is -2.20. The number of aliphatic hydroxyl groups excluding tert-OH is 1. The first-order valence-electron chi connectivity index (χ1n) is 9.16. The van der Waals surface area contributed by atoms with Gasteiger partial charge in [-0.2, -0.15) is 0 Å². The van der Waals surface area contributed by atoms with Crippen LogP contribution >= 0.6 is 0 Å². The minimum atomic E-state index is -1.23. The second-order valence-corrected chi connectivity index (χ2v) is 6.94. The molecule has 2 aromatic heterocycles. The predicted molar refractivity (Wildman–Crippen MR) is 113 cm³/mol. The molecule has 7 heteroatoms. The Bertz CT molecular complexity index is 1200. The molecule has 0 bridgehead atoms. The van der Waals surface area contributed by atoms with Crippen molar-refractivity contribution in [3.05, 3.63) is 72.2 Å². The number of aryl methyl sites for hydroxylation is 2. The molecule has 0 saturated carbocycles. The number of benzene rings is 2. The van der Waals surface area contributed by atoms with Crippen LogP contribution in [0.25, 0.3) is 22.2 Å². The van der Waals surface area contributed by atoms with Crippen LogP contribution in [0.15, 0.2) is 61.1 Å². The number of nitrogens with one attached hydrogen (secondary N) is 1. The Balaban J connectivity index is 1.63. The Labute approximate surface area is 167 Å². The van der Waals surface area contributed by atoms with Crippen molar-refractivity contribution in [2.75, 3.05) is 11.1 Å². The summed E-state index contributed by atoms with van der Waals surface area (Å²) in [5, 5.41) is 13.8. The average Bonchev–Trinajstić information content (AvgIpc) is 3.06. The zero-order chi connectivity index (χ0) is 20.5. The van der Waals surface area contributed by atoms with E-state index in [0.29, 0.717) is 17.1 Å². The van der Waals surface area contributed by atoms with Crippen LogP contribution < -0.4 is 11.1 Å². The normalized spacial score (nSPS) is 12.1. The Morgan fingerprint density at radius 3 is 2.62 bits per heavy atom. The number of hydrogen-bond acceptors (Lipinski definition) is 5. The minimum absolute atomic E-state index is 0.424. The van der Waals surface area contributed by atoms with Crippen molar-refractivity contribution in [2.24, 2.45) is 7.05 Å². The van der Waals surface area contributed by atoms with Crippen molar-refractivity contribution < 1.29 is 9.90 Å². The third-order valence-corrected chi connectivity index (χ3v) is 4.93. The largest absolute Gasteiger partial charge is 0.383 e. The third-order valence-electron chi connectivity index (χ3n) is 4.93. The van der Waals surface area contributed by atoms with Gasteiger partial charge >= 0.3 is 0 Å². The molecular formula is C22H21N5O2. The number of nitrogen functional groups attached to an aromatic ring is 1. The van der Waals surface area contributed by atoms with Gasteiger partial charge in [0.25, 0.3) is 5.91 Å². The van der Waals surface area contributed by atoms with Gasteiger partial charge in [0.15, 0.2) is 6.10 Å². The van der Waals surface area contributed by atoms with Gasteiger partial charge in [-0.25, -0.2) is 9.97 Å². The van der Waals surface area contributed by atoms with Crippen molar-refractivity contribution in [1.29, 1.82) is 0 Å². The van der Waals surface area contributed by atoms with E-state index < -0.39 is 12.0 Å². The topological polar surface area (TPSA) is 106 Å². The summed E-state index contributed by atoms with van der Waals surface area (Å²) in [6.07, 6.45) is 2.19. The average molecular weight is 387 g/mol. The number of aliphatic hydroxyl groups is 1. The van der Waals surface area contributed by atoms with Gasteiger partial charge in [-0.05, 0) is 35.7 Å². The van der Waals surface area contributed by atoms with Crippen molar-refractivity contribution in [3.63, 3.8) is 0 Å². The number of fused-ring (bicyclic) bond motifs is 1. The van der Waals surface area contributed by atoms with E-state index in [-0.39, 0.29) is 0 Å². The fourth-order valence-corrected chi connectivity index (χ4v) is 3.48. The van der Waals surface area contributed by atoms with Gasteiger partial charge < -0.3 is 20.7 Å². The molecule has 0 radical (unpaired) electrons. The highest BCUT2D eigenvalue weighted by atomic mass is 16.3. The molecule has 0 unspecified atom stereocenters. The quantitative estimate of drug-likeness (QED) is 0.499. The maximum atomic E-state index is 12.4. The number of anilines is 2. The number of nitrogens with two attached hydrogens (primary N) is 1. The molecule has 0 aliphatic heterocycles. The molecule has 1 atom stereocenters. The summed E-state index contributed by atoms with van der Waals surface area (Å²) in [7, 11) is 1.91. The summed E-state index contributed by atoms with van der Waals surface area (Å²) in [6, 6.07) is 14.4. The first kappa shape index (κ1) is 18.6. The molecule has 29 heavy (non-hydrogen) atoms. The van der Waals surface area contributed by atoms with E-state index in [1.54, 1.807) is 30.3 Å². The second-order valence-electron chi connectivity index (χ2n) is 6.94. The molecule has 1 amide bonds. The van der Waals surface area contributed by atoms with Gasteiger partial charge in [-0.15, -0.1) is 0 Å².